The summed E-state index contributed by atoms with van der Waals surface area (Å²) in [6.07, 6.45) is -0.698. The normalized spacial score (nSPS) is 17.2. The number of nitrogens with one attached hydrogen (secondary N) is 2. The van der Waals surface area contributed by atoms with E-state index in [1.807, 2.05) is 6.92 Å². The molecule has 0 aliphatic heterocycles. The molecule has 8 nitrogen and oxygen atoms in total. The van der Waals surface area contributed by atoms with Gasteiger partial charge >= 0.3 is 6.18 Å². The van der Waals surface area contributed by atoms with E-state index < -0.39 is 11.7 Å². The fourth-order valence-corrected chi connectivity index (χ4v) is 3.31. The standard InChI is InChI=1S/C19H24F3N7O/c1-4-24-17-14(19(20,21)22)9-26-18(28-17)27-15(7-23)11(3)25-8-12-5-6-13-10(2)29-30-16(12)13/h7,9,12H,4-6,8,23H2,1-3H3,(H2,24,26,27,28)/b15-7+,25-11?/t12-/m1/s1. The summed E-state index contributed by atoms with van der Waals surface area (Å²) >= 11 is 0. The number of halogens is 3. The lowest BCUT2D eigenvalue weighted by Gasteiger charge is -2.15. The average molecular weight is 423 g/mol. The van der Waals surface area contributed by atoms with Crippen molar-refractivity contribution in [3.63, 3.8) is 0 Å². The van der Waals surface area contributed by atoms with Crippen molar-refractivity contribution >= 4 is 17.5 Å². The van der Waals surface area contributed by atoms with Gasteiger partial charge in [0.1, 0.15) is 17.1 Å². The van der Waals surface area contributed by atoms with Crippen LogP contribution in [-0.4, -0.2) is 33.9 Å². The lowest BCUT2D eigenvalue weighted by Crippen LogP contribution is -2.17. The molecule has 2 aromatic heterocycles. The Morgan fingerprint density at radius 2 is 2.20 bits per heavy atom. The van der Waals surface area contributed by atoms with Crippen LogP contribution in [0.3, 0.4) is 0 Å². The van der Waals surface area contributed by atoms with Gasteiger partial charge in [0, 0.05) is 37.0 Å². The van der Waals surface area contributed by atoms with Crippen molar-refractivity contribution in [1.29, 1.82) is 0 Å². The van der Waals surface area contributed by atoms with E-state index in [0.717, 1.165) is 36.1 Å². The molecule has 2 heterocycles. The average Bonchev–Trinajstić information content (AvgIpc) is 3.26. The highest BCUT2D eigenvalue weighted by Crippen LogP contribution is 2.35. The highest BCUT2D eigenvalue weighted by Gasteiger charge is 2.35. The molecular weight excluding hydrogens is 399 g/mol. The van der Waals surface area contributed by atoms with Crippen molar-refractivity contribution in [3.8, 4) is 0 Å². The Kier molecular flexibility index (Phi) is 6.28. The van der Waals surface area contributed by atoms with Crippen LogP contribution in [0, 0.1) is 6.92 Å². The molecule has 0 unspecified atom stereocenters. The van der Waals surface area contributed by atoms with Gasteiger partial charge in [0.25, 0.3) is 0 Å². The lowest BCUT2D eigenvalue weighted by atomic mass is 10.1. The van der Waals surface area contributed by atoms with Gasteiger partial charge in [-0.15, -0.1) is 0 Å². The number of nitrogens with two attached hydrogens (primary N) is 1. The van der Waals surface area contributed by atoms with Gasteiger partial charge in [-0.2, -0.15) is 18.2 Å². The Balaban J connectivity index is 1.73. The van der Waals surface area contributed by atoms with Crippen LogP contribution in [0.4, 0.5) is 24.9 Å². The van der Waals surface area contributed by atoms with Crippen LogP contribution < -0.4 is 16.4 Å². The second-order valence-electron chi connectivity index (χ2n) is 6.96. The van der Waals surface area contributed by atoms with Crippen molar-refractivity contribution in [2.24, 2.45) is 10.7 Å². The first-order valence-corrected chi connectivity index (χ1v) is 9.58. The zero-order valence-electron chi connectivity index (χ0n) is 17.0. The first-order valence-electron chi connectivity index (χ1n) is 9.58. The van der Waals surface area contributed by atoms with Gasteiger partial charge in [-0.1, -0.05) is 5.16 Å². The molecule has 1 aliphatic rings. The van der Waals surface area contributed by atoms with Crippen molar-refractivity contribution in [2.45, 2.75) is 45.7 Å². The molecule has 0 bridgehead atoms. The van der Waals surface area contributed by atoms with Gasteiger partial charge in [-0.05, 0) is 33.6 Å². The number of hydrogen-bond donors (Lipinski definition) is 3. The Morgan fingerprint density at radius 1 is 1.43 bits per heavy atom. The number of alkyl halides is 3. The number of nitrogens with zero attached hydrogens (tertiary/aromatic N) is 4. The topological polar surface area (TPSA) is 114 Å². The minimum absolute atomic E-state index is 0.0146. The third kappa shape index (κ3) is 4.55. The van der Waals surface area contributed by atoms with Crippen LogP contribution in [0.25, 0.3) is 0 Å². The molecule has 0 fully saturated rings. The first-order chi connectivity index (χ1) is 14.2. The van der Waals surface area contributed by atoms with E-state index in [2.05, 4.69) is 30.8 Å². The fourth-order valence-electron chi connectivity index (χ4n) is 3.31. The monoisotopic (exact) mass is 423 g/mol. The Labute approximate surface area is 171 Å². The molecule has 0 spiro atoms. The Hall–Kier alpha value is -3.11. The lowest BCUT2D eigenvalue weighted by molar-refractivity contribution is -0.137. The summed E-state index contributed by atoms with van der Waals surface area (Å²) in [7, 11) is 0. The molecule has 11 heteroatoms. The minimum Gasteiger partial charge on any atom is -0.403 e. The summed E-state index contributed by atoms with van der Waals surface area (Å²) in [6.45, 7) is 6.13. The van der Waals surface area contributed by atoms with Gasteiger partial charge < -0.3 is 20.9 Å². The van der Waals surface area contributed by atoms with Crippen molar-refractivity contribution in [2.75, 3.05) is 23.7 Å². The molecule has 0 aromatic carbocycles. The molecule has 4 N–H and O–H groups in total. The third-order valence-electron chi connectivity index (χ3n) is 4.92. The Bertz CT molecular complexity index is 966. The molecule has 3 rings (SSSR count). The van der Waals surface area contributed by atoms with Crippen LogP contribution in [0.5, 0.6) is 0 Å². The van der Waals surface area contributed by atoms with Gasteiger partial charge in [0.05, 0.1) is 17.1 Å². The van der Waals surface area contributed by atoms with E-state index in [0.29, 0.717) is 18.0 Å². The van der Waals surface area contributed by atoms with Crippen LogP contribution >= 0.6 is 0 Å². The second kappa shape index (κ2) is 8.72. The van der Waals surface area contributed by atoms with E-state index in [-0.39, 0.29) is 24.2 Å². The first kappa shape index (κ1) is 21.6. The number of allylic oxidation sites excluding steroid dienone is 1. The Morgan fingerprint density at radius 3 is 2.87 bits per heavy atom. The number of aromatic nitrogens is 3. The molecular formula is C19H24F3N7O. The van der Waals surface area contributed by atoms with Crippen molar-refractivity contribution in [1.82, 2.24) is 15.1 Å². The third-order valence-corrected chi connectivity index (χ3v) is 4.92. The van der Waals surface area contributed by atoms with Gasteiger partial charge in [-0.3, -0.25) is 4.99 Å². The highest BCUT2D eigenvalue weighted by molar-refractivity contribution is 6.00. The maximum Gasteiger partial charge on any atom is 0.421 e. The molecule has 0 saturated carbocycles. The minimum atomic E-state index is -4.56. The zero-order chi connectivity index (χ0) is 21.9. The number of aryl methyl sites for hydroxylation is 1. The van der Waals surface area contributed by atoms with E-state index >= 15 is 0 Å². The molecule has 1 aliphatic carbocycles. The van der Waals surface area contributed by atoms with Crippen LogP contribution in [0.2, 0.25) is 0 Å². The van der Waals surface area contributed by atoms with E-state index in [1.54, 1.807) is 13.8 Å². The zero-order valence-corrected chi connectivity index (χ0v) is 17.0. The highest BCUT2D eigenvalue weighted by atomic mass is 19.4. The number of hydrogen-bond acceptors (Lipinski definition) is 8. The van der Waals surface area contributed by atoms with Crippen molar-refractivity contribution < 1.29 is 17.7 Å². The van der Waals surface area contributed by atoms with Crippen LogP contribution in [0.15, 0.2) is 27.6 Å². The predicted molar refractivity (Wildman–Crippen MR) is 107 cm³/mol. The summed E-state index contributed by atoms with van der Waals surface area (Å²) in [5, 5.41) is 9.45. The molecule has 162 valence electrons. The van der Waals surface area contributed by atoms with Gasteiger partial charge in [0.15, 0.2) is 0 Å². The summed E-state index contributed by atoms with van der Waals surface area (Å²) in [5.74, 6) is 0.696. The maximum atomic E-state index is 13.1. The van der Waals surface area contributed by atoms with Crippen molar-refractivity contribution in [3.05, 3.63) is 40.7 Å². The summed E-state index contributed by atoms with van der Waals surface area (Å²) in [5.41, 5.74) is 7.81. The van der Waals surface area contributed by atoms with Gasteiger partial charge in [-0.25, -0.2) is 4.98 Å². The maximum absolute atomic E-state index is 13.1. The molecule has 0 amide bonds. The fraction of sp³-hybridized carbons (Fsp3) is 0.474. The summed E-state index contributed by atoms with van der Waals surface area (Å²) < 4.78 is 44.8. The van der Waals surface area contributed by atoms with E-state index in [4.69, 9.17) is 10.3 Å². The van der Waals surface area contributed by atoms with Crippen LogP contribution in [-0.2, 0) is 12.6 Å². The number of fused-ring (bicyclic) bond motifs is 1. The number of anilines is 2. The summed E-state index contributed by atoms with van der Waals surface area (Å²) in [4.78, 5) is 12.3. The van der Waals surface area contributed by atoms with Crippen LogP contribution in [0.1, 0.15) is 48.8 Å². The molecule has 2 aromatic rings. The molecule has 30 heavy (non-hydrogen) atoms. The number of rotatable bonds is 7. The quantitative estimate of drug-likeness (QED) is 0.583. The predicted octanol–water partition coefficient (Wildman–Crippen LogP) is 3.63. The molecule has 0 radical (unpaired) electrons. The molecule has 0 saturated heterocycles. The SMILES string of the molecule is CCNc1nc(N/C(=C/N)C(C)=NC[C@H]2CCc3c(C)noc32)ncc1C(F)(F)F. The van der Waals surface area contributed by atoms with E-state index in [9.17, 15) is 13.2 Å². The smallest absolute Gasteiger partial charge is 0.403 e. The van der Waals surface area contributed by atoms with E-state index in [1.165, 1.54) is 6.20 Å². The largest absolute Gasteiger partial charge is 0.421 e. The second-order valence-corrected chi connectivity index (χ2v) is 6.96. The summed E-state index contributed by atoms with van der Waals surface area (Å²) in [6, 6.07) is 0. The molecule has 1 atom stereocenters. The number of aliphatic imine (C=N–C) groups is 1. The van der Waals surface area contributed by atoms with Gasteiger partial charge in [0.2, 0.25) is 5.95 Å².